The Morgan fingerprint density at radius 1 is 1.08 bits per heavy atom. The first kappa shape index (κ1) is 18.2. The van der Waals surface area contributed by atoms with Gasteiger partial charge >= 0.3 is 0 Å². The van der Waals surface area contributed by atoms with E-state index in [1.807, 2.05) is 0 Å². The van der Waals surface area contributed by atoms with Crippen LogP contribution in [0.5, 0.6) is 0 Å². The van der Waals surface area contributed by atoms with Gasteiger partial charge in [-0.15, -0.1) is 0 Å². The lowest BCUT2D eigenvalue weighted by Gasteiger charge is -2.04. The molecule has 0 spiro atoms. The fourth-order valence-corrected chi connectivity index (χ4v) is 5.02. The number of fused-ring (bicyclic) bond motifs is 1. The molecular weight excluding hydrogens is 402 g/mol. The van der Waals surface area contributed by atoms with E-state index in [2.05, 4.69) is 9.71 Å². The van der Waals surface area contributed by atoms with E-state index >= 15 is 0 Å². The number of thiazole rings is 1. The van der Waals surface area contributed by atoms with Gasteiger partial charge in [-0.1, -0.05) is 17.4 Å². The normalized spacial score (nSPS) is 12.2. The van der Waals surface area contributed by atoms with Crippen LogP contribution in [0, 0.1) is 10.1 Å². The number of sulfonamides is 1. The number of nitro groups is 1. The first-order chi connectivity index (χ1) is 12.1. The summed E-state index contributed by atoms with van der Waals surface area (Å²) >= 11 is 0.960. The second-order valence-corrected chi connectivity index (χ2v) is 10.0. The standard InChI is InChI=1S/C14H11N3O6S3/c1-25(20,21)10-5-6-12-13(8-10)24-14(15-12)16-26(22,23)11-4-2-3-9(7-11)17(18)19/h2-8H,1H3,(H,15,16). The van der Waals surface area contributed by atoms with Gasteiger partial charge in [0.25, 0.3) is 15.7 Å². The Kier molecular flexibility index (Phi) is 4.42. The van der Waals surface area contributed by atoms with Crippen molar-refractivity contribution in [2.75, 3.05) is 11.0 Å². The maximum atomic E-state index is 12.4. The lowest BCUT2D eigenvalue weighted by molar-refractivity contribution is -0.385. The number of benzene rings is 2. The summed E-state index contributed by atoms with van der Waals surface area (Å²) in [5.41, 5.74) is 0.0779. The van der Waals surface area contributed by atoms with Crippen LogP contribution in [0.3, 0.4) is 0 Å². The van der Waals surface area contributed by atoms with E-state index < -0.39 is 24.8 Å². The molecule has 0 aliphatic rings. The molecule has 26 heavy (non-hydrogen) atoms. The SMILES string of the molecule is CS(=O)(=O)c1ccc2nc(NS(=O)(=O)c3cccc([N+](=O)[O-])c3)sc2c1. The van der Waals surface area contributed by atoms with Crippen molar-refractivity contribution in [3.63, 3.8) is 0 Å². The zero-order chi connectivity index (χ0) is 19.1. The largest absolute Gasteiger partial charge is 0.270 e. The third kappa shape index (κ3) is 3.66. The van der Waals surface area contributed by atoms with Gasteiger partial charge in [0, 0.05) is 18.4 Å². The molecule has 3 rings (SSSR count). The molecule has 12 heteroatoms. The van der Waals surface area contributed by atoms with Crippen molar-refractivity contribution in [1.29, 1.82) is 0 Å². The predicted molar refractivity (Wildman–Crippen MR) is 96.6 cm³/mol. The molecule has 1 N–H and O–H groups in total. The molecule has 0 bridgehead atoms. The number of hydrogen-bond acceptors (Lipinski definition) is 8. The Morgan fingerprint density at radius 3 is 2.46 bits per heavy atom. The Bertz CT molecular complexity index is 1230. The molecule has 0 atom stereocenters. The molecular formula is C14H11N3O6S3. The minimum absolute atomic E-state index is 0.0251. The van der Waals surface area contributed by atoms with Crippen LogP contribution in [0.15, 0.2) is 52.3 Å². The number of hydrogen-bond donors (Lipinski definition) is 1. The van der Waals surface area contributed by atoms with Crippen LogP contribution in [-0.2, 0) is 19.9 Å². The monoisotopic (exact) mass is 413 g/mol. The summed E-state index contributed by atoms with van der Waals surface area (Å²) in [6.07, 6.45) is 1.07. The van der Waals surface area contributed by atoms with Gasteiger partial charge in [-0.05, 0) is 24.3 Å². The Morgan fingerprint density at radius 2 is 1.81 bits per heavy atom. The second-order valence-electron chi connectivity index (χ2n) is 5.28. The fraction of sp³-hybridized carbons (Fsp3) is 0.0714. The summed E-state index contributed by atoms with van der Waals surface area (Å²) in [6.45, 7) is 0. The summed E-state index contributed by atoms with van der Waals surface area (Å²) < 4.78 is 50.8. The maximum Gasteiger partial charge on any atom is 0.270 e. The molecule has 0 fully saturated rings. The summed E-state index contributed by atoms with van der Waals surface area (Å²) in [6, 6.07) is 8.89. The quantitative estimate of drug-likeness (QED) is 0.501. The number of nitrogens with one attached hydrogen (secondary N) is 1. The molecule has 3 aromatic rings. The Labute approximate surface area is 152 Å². The highest BCUT2D eigenvalue weighted by molar-refractivity contribution is 7.93. The third-order valence-electron chi connectivity index (χ3n) is 3.35. The predicted octanol–water partition coefficient (Wildman–Crippen LogP) is 2.41. The topological polar surface area (TPSA) is 136 Å². The third-order valence-corrected chi connectivity index (χ3v) is 6.86. The van der Waals surface area contributed by atoms with E-state index in [0.717, 1.165) is 23.7 Å². The molecule has 1 aromatic heterocycles. The van der Waals surface area contributed by atoms with Crippen LogP contribution in [0.25, 0.3) is 10.2 Å². The van der Waals surface area contributed by atoms with Crippen molar-refractivity contribution >= 4 is 52.2 Å². The lowest BCUT2D eigenvalue weighted by atomic mass is 10.3. The molecule has 0 aliphatic carbocycles. The average molecular weight is 413 g/mol. The highest BCUT2D eigenvalue weighted by Crippen LogP contribution is 2.30. The van der Waals surface area contributed by atoms with Gasteiger partial charge in [0.1, 0.15) is 0 Å². The van der Waals surface area contributed by atoms with Crippen LogP contribution in [0.1, 0.15) is 0 Å². The molecule has 0 radical (unpaired) electrons. The van der Waals surface area contributed by atoms with Crippen molar-refractivity contribution in [2.45, 2.75) is 9.79 Å². The van der Waals surface area contributed by atoms with Crippen LogP contribution in [0.2, 0.25) is 0 Å². The van der Waals surface area contributed by atoms with Gasteiger partial charge in [0.15, 0.2) is 15.0 Å². The molecule has 136 valence electrons. The fourth-order valence-electron chi connectivity index (χ4n) is 2.12. The molecule has 0 saturated carbocycles. The van der Waals surface area contributed by atoms with Gasteiger partial charge in [-0.3, -0.25) is 14.8 Å². The second kappa shape index (κ2) is 6.30. The van der Waals surface area contributed by atoms with E-state index in [-0.39, 0.29) is 20.6 Å². The molecule has 1 heterocycles. The molecule has 0 amide bonds. The van der Waals surface area contributed by atoms with E-state index in [4.69, 9.17) is 0 Å². The van der Waals surface area contributed by atoms with E-state index in [0.29, 0.717) is 10.2 Å². The number of anilines is 1. The van der Waals surface area contributed by atoms with Crippen molar-refractivity contribution in [2.24, 2.45) is 0 Å². The van der Waals surface area contributed by atoms with Crippen LogP contribution in [-0.4, -0.2) is 33.0 Å². The van der Waals surface area contributed by atoms with Gasteiger partial charge in [0.2, 0.25) is 0 Å². The summed E-state index contributed by atoms with van der Waals surface area (Å²) in [4.78, 5) is 14.0. The highest BCUT2D eigenvalue weighted by atomic mass is 32.2. The lowest BCUT2D eigenvalue weighted by Crippen LogP contribution is -2.12. The number of aromatic nitrogens is 1. The van der Waals surface area contributed by atoms with Gasteiger partial charge in [0.05, 0.1) is 24.9 Å². The van der Waals surface area contributed by atoms with E-state index in [9.17, 15) is 26.9 Å². The van der Waals surface area contributed by atoms with Crippen LogP contribution in [0.4, 0.5) is 10.8 Å². The number of rotatable bonds is 5. The number of nitrogens with zero attached hydrogens (tertiary/aromatic N) is 2. The van der Waals surface area contributed by atoms with Gasteiger partial charge < -0.3 is 0 Å². The van der Waals surface area contributed by atoms with Crippen molar-refractivity contribution in [3.05, 3.63) is 52.6 Å². The van der Waals surface area contributed by atoms with E-state index in [1.54, 1.807) is 0 Å². The molecule has 2 aromatic carbocycles. The summed E-state index contributed by atoms with van der Waals surface area (Å²) in [5.74, 6) is 0. The molecule has 0 saturated heterocycles. The molecule has 9 nitrogen and oxygen atoms in total. The molecule has 0 aliphatic heterocycles. The van der Waals surface area contributed by atoms with Crippen molar-refractivity contribution < 1.29 is 21.8 Å². The zero-order valence-electron chi connectivity index (χ0n) is 13.1. The number of sulfone groups is 1. The highest BCUT2D eigenvalue weighted by Gasteiger charge is 2.20. The van der Waals surface area contributed by atoms with Crippen LogP contribution < -0.4 is 4.72 Å². The average Bonchev–Trinajstić information content (AvgIpc) is 2.94. The smallest absolute Gasteiger partial charge is 0.258 e. The van der Waals surface area contributed by atoms with Gasteiger partial charge in [-0.25, -0.2) is 21.8 Å². The van der Waals surface area contributed by atoms with Crippen molar-refractivity contribution in [1.82, 2.24) is 4.98 Å². The Balaban J connectivity index is 1.97. The van der Waals surface area contributed by atoms with Crippen LogP contribution >= 0.6 is 11.3 Å². The summed E-state index contributed by atoms with van der Waals surface area (Å²) in [7, 11) is -7.48. The first-order valence-electron chi connectivity index (χ1n) is 6.94. The number of nitro benzene ring substituents is 1. The van der Waals surface area contributed by atoms with E-state index in [1.165, 1.54) is 36.4 Å². The van der Waals surface area contributed by atoms with Crippen molar-refractivity contribution in [3.8, 4) is 0 Å². The number of non-ortho nitro benzene ring substituents is 1. The first-order valence-corrected chi connectivity index (χ1v) is 11.1. The zero-order valence-corrected chi connectivity index (χ0v) is 15.6. The minimum atomic E-state index is -4.08. The Hall–Kier alpha value is -2.57. The maximum absolute atomic E-state index is 12.4. The van der Waals surface area contributed by atoms with Gasteiger partial charge in [-0.2, -0.15) is 0 Å². The minimum Gasteiger partial charge on any atom is -0.258 e. The summed E-state index contributed by atoms with van der Waals surface area (Å²) in [5, 5.41) is 10.8. The molecule has 0 unspecified atom stereocenters.